The van der Waals surface area contributed by atoms with Crippen LogP contribution in [0.2, 0.25) is 0 Å². The van der Waals surface area contributed by atoms with Gasteiger partial charge in [-0.3, -0.25) is 9.69 Å². The van der Waals surface area contributed by atoms with Crippen molar-refractivity contribution in [2.24, 2.45) is 5.92 Å². The molecule has 0 radical (unpaired) electrons. The number of benzene rings is 1. The zero-order valence-corrected chi connectivity index (χ0v) is 15.6. The minimum Gasteiger partial charge on any atom is -0.395 e. The number of rotatable bonds is 5. The minimum absolute atomic E-state index is 0.00210. The number of aliphatic hydroxyl groups excluding tert-OH is 1. The molecule has 1 spiro atoms. The molecule has 26 heavy (non-hydrogen) atoms. The minimum atomic E-state index is -0.00210. The number of likely N-dealkylation sites (tertiary alicyclic amines) is 2. The van der Waals surface area contributed by atoms with Gasteiger partial charge in [0.05, 0.1) is 12.1 Å². The SMILES string of the molecule is CCC(=O)N1CC2(C1)[C@@H](c1ccccc1)[C@@H](CO)N2CC1CCOCC1. The third-order valence-corrected chi connectivity index (χ3v) is 6.66. The van der Waals surface area contributed by atoms with Crippen LogP contribution in [0, 0.1) is 5.92 Å². The molecule has 1 aromatic carbocycles. The van der Waals surface area contributed by atoms with Gasteiger partial charge in [0.15, 0.2) is 0 Å². The quantitative estimate of drug-likeness (QED) is 0.873. The van der Waals surface area contributed by atoms with Crippen LogP contribution < -0.4 is 0 Å². The first kappa shape index (κ1) is 18.0. The van der Waals surface area contributed by atoms with Crippen molar-refractivity contribution < 1.29 is 14.6 Å². The monoisotopic (exact) mass is 358 g/mol. The highest BCUT2D eigenvalue weighted by Crippen LogP contribution is 2.54. The van der Waals surface area contributed by atoms with Crippen molar-refractivity contribution in [2.45, 2.75) is 43.7 Å². The van der Waals surface area contributed by atoms with Crippen molar-refractivity contribution in [3.63, 3.8) is 0 Å². The van der Waals surface area contributed by atoms with Gasteiger partial charge in [0.2, 0.25) is 5.91 Å². The lowest BCUT2D eigenvalue weighted by Gasteiger charge is -2.71. The largest absolute Gasteiger partial charge is 0.395 e. The van der Waals surface area contributed by atoms with E-state index in [1.165, 1.54) is 5.56 Å². The van der Waals surface area contributed by atoms with Crippen LogP contribution in [0.3, 0.4) is 0 Å². The molecule has 2 atom stereocenters. The maximum atomic E-state index is 12.2. The standard InChI is InChI=1S/C21H30N2O3/c1-2-19(25)22-14-21(15-22)20(17-6-4-3-5-7-17)18(13-24)23(21)12-16-8-10-26-11-9-16/h3-7,16,18,20,24H,2,8-15H2,1H3/t18-,20+/m1/s1. The molecule has 3 saturated heterocycles. The Morgan fingerprint density at radius 3 is 2.54 bits per heavy atom. The predicted molar refractivity (Wildman–Crippen MR) is 99.9 cm³/mol. The van der Waals surface area contributed by atoms with Crippen molar-refractivity contribution in [3.8, 4) is 0 Å². The number of hydrogen-bond donors (Lipinski definition) is 1. The van der Waals surface area contributed by atoms with E-state index >= 15 is 0 Å². The van der Waals surface area contributed by atoms with E-state index in [2.05, 4.69) is 29.2 Å². The lowest BCUT2D eigenvalue weighted by molar-refractivity contribution is -0.201. The molecule has 0 aromatic heterocycles. The number of carbonyl (C=O) groups excluding carboxylic acids is 1. The van der Waals surface area contributed by atoms with Crippen LogP contribution in [0.4, 0.5) is 0 Å². The highest BCUT2D eigenvalue weighted by Gasteiger charge is 2.66. The van der Waals surface area contributed by atoms with Crippen LogP contribution in [0.15, 0.2) is 30.3 Å². The van der Waals surface area contributed by atoms with Crippen molar-refractivity contribution >= 4 is 5.91 Å². The van der Waals surface area contributed by atoms with Crippen molar-refractivity contribution in [1.29, 1.82) is 0 Å². The number of carbonyl (C=O) groups is 1. The Hall–Kier alpha value is -1.43. The summed E-state index contributed by atoms with van der Waals surface area (Å²) in [5, 5.41) is 10.1. The summed E-state index contributed by atoms with van der Waals surface area (Å²) in [5.41, 5.74) is 1.29. The molecule has 4 rings (SSSR count). The van der Waals surface area contributed by atoms with Gasteiger partial charge in [-0.05, 0) is 24.3 Å². The molecule has 0 bridgehead atoms. The van der Waals surface area contributed by atoms with E-state index in [-0.39, 0.29) is 24.1 Å². The number of aliphatic hydroxyl groups is 1. The smallest absolute Gasteiger partial charge is 0.222 e. The topological polar surface area (TPSA) is 53.0 Å². The van der Waals surface area contributed by atoms with Gasteiger partial charge in [-0.2, -0.15) is 0 Å². The first-order valence-electron chi connectivity index (χ1n) is 9.97. The Bertz CT molecular complexity index is 623. The number of amides is 1. The number of hydrogen-bond acceptors (Lipinski definition) is 4. The normalized spacial score (nSPS) is 28.6. The summed E-state index contributed by atoms with van der Waals surface area (Å²) in [7, 11) is 0. The molecule has 5 nitrogen and oxygen atoms in total. The Kier molecular flexibility index (Phi) is 5.04. The molecule has 3 heterocycles. The fraction of sp³-hybridized carbons (Fsp3) is 0.667. The first-order chi connectivity index (χ1) is 12.7. The van der Waals surface area contributed by atoms with Crippen LogP contribution >= 0.6 is 0 Å². The van der Waals surface area contributed by atoms with Gasteiger partial charge in [-0.15, -0.1) is 0 Å². The average Bonchev–Trinajstić information content (AvgIpc) is 2.65. The second-order valence-electron chi connectivity index (χ2n) is 8.05. The Morgan fingerprint density at radius 1 is 1.23 bits per heavy atom. The van der Waals surface area contributed by atoms with E-state index in [0.29, 0.717) is 18.3 Å². The molecule has 1 aromatic rings. The summed E-state index contributed by atoms with van der Waals surface area (Å²) in [5.74, 6) is 1.16. The van der Waals surface area contributed by atoms with Gasteiger partial charge in [0.25, 0.3) is 0 Å². The molecular weight excluding hydrogens is 328 g/mol. The molecule has 1 N–H and O–H groups in total. The van der Waals surface area contributed by atoms with Gasteiger partial charge >= 0.3 is 0 Å². The summed E-state index contributed by atoms with van der Waals surface area (Å²) in [6.45, 7) is 6.38. The maximum Gasteiger partial charge on any atom is 0.222 e. The second-order valence-corrected chi connectivity index (χ2v) is 8.05. The van der Waals surface area contributed by atoms with Gasteiger partial charge in [-0.1, -0.05) is 37.3 Å². The van der Waals surface area contributed by atoms with Crippen molar-refractivity contribution in [3.05, 3.63) is 35.9 Å². The van der Waals surface area contributed by atoms with E-state index in [9.17, 15) is 9.90 Å². The summed E-state index contributed by atoms with van der Waals surface area (Å²) in [6.07, 6.45) is 2.76. The Morgan fingerprint density at radius 2 is 1.92 bits per heavy atom. The summed E-state index contributed by atoms with van der Waals surface area (Å²) >= 11 is 0. The lowest BCUT2D eigenvalue weighted by atomic mass is 9.60. The van der Waals surface area contributed by atoms with Gasteiger partial charge in [0.1, 0.15) is 0 Å². The molecular formula is C21H30N2O3. The molecule has 3 fully saturated rings. The summed E-state index contributed by atoms with van der Waals surface area (Å²) in [4.78, 5) is 16.7. The van der Waals surface area contributed by atoms with E-state index in [1.807, 2.05) is 17.9 Å². The first-order valence-corrected chi connectivity index (χ1v) is 9.97. The van der Waals surface area contributed by atoms with Crippen LogP contribution in [-0.2, 0) is 9.53 Å². The number of nitrogens with zero attached hydrogens (tertiary/aromatic N) is 2. The Balaban J connectivity index is 1.57. The van der Waals surface area contributed by atoms with E-state index < -0.39 is 0 Å². The number of ether oxygens (including phenoxy) is 1. The molecule has 1 amide bonds. The summed E-state index contributed by atoms with van der Waals surface area (Å²) < 4.78 is 5.51. The van der Waals surface area contributed by atoms with Crippen molar-refractivity contribution in [2.75, 3.05) is 39.5 Å². The highest BCUT2D eigenvalue weighted by molar-refractivity contribution is 5.77. The average molecular weight is 358 g/mol. The highest BCUT2D eigenvalue weighted by atomic mass is 16.5. The maximum absolute atomic E-state index is 12.2. The van der Waals surface area contributed by atoms with Crippen LogP contribution in [-0.4, -0.2) is 71.8 Å². The molecule has 0 saturated carbocycles. The van der Waals surface area contributed by atoms with Crippen molar-refractivity contribution in [1.82, 2.24) is 9.80 Å². The molecule has 0 unspecified atom stereocenters. The van der Waals surface area contributed by atoms with E-state index in [1.54, 1.807) is 0 Å². The van der Waals surface area contributed by atoms with E-state index in [0.717, 1.165) is 45.7 Å². The fourth-order valence-electron chi connectivity index (χ4n) is 5.28. The second kappa shape index (κ2) is 7.29. The molecule has 3 aliphatic rings. The molecule has 142 valence electrons. The Labute approximate surface area is 155 Å². The summed E-state index contributed by atoms with van der Waals surface area (Å²) in [6, 6.07) is 10.7. The molecule has 3 aliphatic heterocycles. The third-order valence-electron chi connectivity index (χ3n) is 6.66. The van der Waals surface area contributed by atoms with Gasteiger partial charge < -0.3 is 14.7 Å². The predicted octanol–water partition coefficient (Wildman–Crippen LogP) is 1.86. The van der Waals surface area contributed by atoms with Crippen LogP contribution in [0.1, 0.15) is 37.7 Å². The zero-order valence-electron chi connectivity index (χ0n) is 15.6. The van der Waals surface area contributed by atoms with Crippen LogP contribution in [0.25, 0.3) is 0 Å². The van der Waals surface area contributed by atoms with Gasteiger partial charge in [0, 0.05) is 51.2 Å². The van der Waals surface area contributed by atoms with E-state index in [4.69, 9.17) is 4.74 Å². The van der Waals surface area contributed by atoms with Gasteiger partial charge in [-0.25, -0.2) is 0 Å². The lowest BCUT2D eigenvalue weighted by Crippen LogP contribution is -2.85. The molecule has 5 heteroatoms. The van der Waals surface area contributed by atoms with Crippen LogP contribution in [0.5, 0.6) is 0 Å². The molecule has 0 aliphatic carbocycles. The zero-order chi connectivity index (χ0) is 18.1. The fourth-order valence-corrected chi connectivity index (χ4v) is 5.28. The third kappa shape index (κ3) is 2.86.